The van der Waals surface area contributed by atoms with Gasteiger partial charge in [0, 0.05) is 35.9 Å². The van der Waals surface area contributed by atoms with Crippen LogP contribution in [0, 0.1) is 5.82 Å². The van der Waals surface area contributed by atoms with E-state index >= 15 is 0 Å². The summed E-state index contributed by atoms with van der Waals surface area (Å²) in [6, 6.07) is 21.3. The zero-order chi connectivity index (χ0) is 23.0. The second-order valence-electron chi connectivity index (χ2n) is 7.89. The van der Waals surface area contributed by atoms with Gasteiger partial charge in [-0.2, -0.15) is 0 Å². The van der Waals surface area contributed by atoms with Crippen LogP contribution in [0.1, 0.15) is 28.8 Å². The van der Waals surface area contributed by atoms with Gasteiger partial charge in [-0.1, -0.05) is 30.3 Å². The predicted molar refractivity (Wildman–Crippen MR) is 131 cm³/mol. The Hall–Kier alpha value is -3.32. The van der Waals surface area contributed by atoms with Crippen molar-refractivity contribution in [3.8, 4) is 0 Å². The van der Waals surface area contributed by atoms with Gasteiger partial charge in [0.25, 0.3) is 5.91 Å². The average molecular weight is 464 g/mol. The van der Waals surface area contributed by atoms with Gasteiger partial charge in [-0.05, 0) is 60.9 Å². The Morgan fingerprint density at radius 3 is 2.39 bits per heavy atom. The third kappa shape index (κ3) is 6.35. The zero-order valence-corrected chi connectivity index (χ0v) is 19.0. The average Bonchev–Trinajstić information content (AvgIpc) is 3.38. The fourth-order valence-corrected chi connectivity index (χ4v) is 4.49. The number of carbonyl (C=O) groups excluding carboxylic acids is 2. The summed E-state index contributed by atoms with van der Waals surface area (Å²) in [6.45, 7) is 2.10. The van der Waals surface area contributed by atoms with Crippen molar-refractivity contribution in [3.05, 3.63) is 89.7 Å². The van der Waals surface area contributed by atoms with E-state index in [4.69, 9.17) is 0 Å². The van der Waals surface area contributed by atoms with Gasteiger partial charge in [0.1, 0.15) is 5.82 Å². The number of carbonyl (C=O) groups is 2. The van der Waals surface area contributed by atoms with Crippen molar-refractivity contribution in [1.29, 1.82) is 0 Å². The van der Waals surface area contributed by atoms with E-state index in [1.54, 1.807) is 18.2 Å². The van der Waals surface area contributed by atoms with E-state index in [2.05, 4.69) is 15.5 Å². The molecule has 4 rings (SSSR count). The van der Waals surface area contributed by atoms with E-state index in [-0.39, 0.29) is 23.4 Å². The second-order valence-corrected chi connectivity index (χ2v) is 8.93. The molecule has 3 aromatic carbocycles. The minimum Gasteiger partial charge on any atom is -0.371 e. The van der Waals surface area contributed by atoms with Crippen LogP contribution in [0.15, 0.2) is 77.7 Å². The number of hydrogen-bond acceptors (Lipinski definition) is 4. The molecule has 0 spiro atoms. The molecule has 0 unspecified atom stereocenters. The van der Waals surface area contributed by atoms with Crippen molar-refractivity contribution < 1.29 is 14.0 Å². The molecule has 0 bridgehead atoms. The highest BCUT2D eigenvalue weighted by Crippen LogP contribution is 2.28. The quantitative estimate of drug-likeness (QED) is 0.457. The number of rotatable bonds is 8. The SMILES string of the molecule is O=C(CSc1ccccc1)Nc1ccc(N2CCCC2)c(C(=O)NCc2ccc(F)cc2)c1. The molecule has 1 aliphatic heterocycles. The number of nitrogens with zero attached hydrogens (tertiary/aromatic N) is 1. The van der Waals surface area contributed by atoms with E-state index in [0.29, 0.717) is 17.8 Å². The molecular formula is C26H26FN3O2S. The van der Waals surface area contributed by atoms with Gasteiger partial charge in [-0.25, -0.2) is 4.39 Å². The van der Waals surface area contributed by atoms with Gasteiger partial charge in [0.2, 0.25) is 5.91 Å². The molecule has 1 fully saturated rings. The summed E-state index contributed by atoms with van der Waals surface area (Å²) in [6.07, 6.45) is 2.18. The molecule has 7 heteroatoms. The van der Waals surface area contributed by atoms with E-state index in [1.807, 2.05) is 42.5 Å². The van der Waals surface area contributed by atoms with Crippen molar-refractivity contribution in [3.63, 3.8) is 0 Å². The second kappa shape index (κ2) is 11.0. The highest BCUT2D eigenvalue weighted by atomic mass is 32.2. The van der Waals surface area contributed by atoms with E-state index in [1.165, 1.54) is 23.9 Å². The van der Waals surface area contributed by atoms with Crippen molar-refractivity contribution in [2.45, 2.75) is 24.3 Å². The number of thioether (sulfide) groups is 1. The summed E-state index contributed by atoms with van der Waals surface area (Å²) in [7, 11) is 0. The fourth-order valence-electron chi connectivity index (χ4n) is 3.77. The monoisotopic (exact) mass is 463 g/mol. The van der Waals surface area contributed by atoms with Crippen LogP contribution in [0.5, 0.6) is 0 Å². The van der Waals surface area contributed by atoms with Gasteiger partial charge >= 0.3 is 0 Å². The number of hydrogen-bond donors (Lipinski definition) is 2. The molecular weight excluding hydrogens is 437 g/mol. The van der Waals surface area contributed by atoms with Crippen molar-refractivity contribution in [2.24, 2.45) is 0 Å². The summed E-state index contributed by atoms with van der Waals surface area (Å²) >= 11 is 1.46. The lowest BCUT2D eigenvalue weighted by Crippen LogP contribution is -2.27. The standard InChI is InChI=1S/C26H26FN3O2S/c27-20-10-8-19(9-11-20)17-28-26(32)23-16-21(12-13-24(23)30-14-4-5-15-30)29-25(31)18-33-22-6-2-1-3-7-22/h1-3,6-13,16H,4-5,14-15,17-18H2,(H,28,32)(H,29,31). The molecule has 33 heavy (non-hydrogen) atoms. The van der Waals surface area contributed by atoms with E-state index < -0.39 is 0 Å². The maximum Gasteiger partial charge on any atom is 0.253 e. The number of nitrogens with one attached hydrogen (secondary N) is 2. The highest BCUT2D eigenvalue weighted by molar-refractivity contribution is 8.00. The molecule has 2 amide bonds. The van der Waals surface area contributed by atoms with E-state index in [0.717, 1.165) is 42.1 Å². The molecule has 0 aromatic heterocycles. The highest BCUT2D eigenvalue weighted by Gasteiger charge is 2.20. The molecule has 5 nitrogen and oxygen atoms in total. The van der Waals surface area contributed by atoms with Crippen LogP contribution in [0.25, 0.3) is 0 Å². The first-order valence-electron chi connectivity index (χ1n) is 11.0. The van der Waals surface area contributed by atoms with Gasteiger partial charge in [-0.15, -0.1) is 11.8 Å². The topological polar surface area (TPSA) is 61.4 Å². The third-order valence-electron chi connectivity index (χ3n) is 5.45. The predicted octanol–water partition coefficient (Wildman–Crippen LogP) is 5.09. The molecule has 2 N–H and O–H groups in total. The smallest absolute Gasteiger partial charge is 0.253 e. The number of amides is 2. The summed E-state index contributed by atoms with van der Waals surface area (Å²) in [5, 5.41) is 5.83. The molecule has 1 aliphatic rings. The zero-order valence-electron chi connectivity index (χ0n) is 18.2. The minimum atomic E-state index is -0.310. The first kappa shape index (κ1) is 22.9. The molecule has 0 aliphatic carbocycles. The van der Waals surface area contributed by atoms with Crippen LogP contribution in [-0.2, 0) is 11.3 Å². The largest absolute Gasteiger partial charge is 0.371 e. The first-order valence-corrected chi connectivity index (χ1v) is 12.0. The Kier molecular flexibility index (Phi) is 7.62. The molecule has 0 radical (unpaired) electrons. The normalized spacial score (nSPS) is 13.1. The summed E-state index contributed by atoms with van der Waals surface area (Å²) in [4.78, 5) is 28.8. The lowest BCUT2D eigenvalue weighted by atomic mass is 10.1. The Morgan fingerprint density at radius 1 is 0.939 bits per heavy atom. The van der Waals surface area contributed by atoms with Crippen LogP contribution in [-0.4, -0.2) is 30.7 Å². The maximum atomic E-state index is 13.1. The molecule has 170 valence electrons. The maximum absolute atomic E-state index is 13.1. The van der Waals surface area contributed by atoms with E-state index in [9.17, 15) is 14.0 Å². The van der Waals surface area contributed by atoms with Crippen LogP contribution in [0.3, 0.4) is 0 Å². The Morgan fingerprint density at radius 2 is 1.67 bits per heavy atom. The van der Waals surface area contributed by atoms with Gasteiger partial charge < -0.3 is 15.5 Å². The van der Waals surface area contributed by atoms with Crippen LogP contribution in [0.4, 0.5) is 15.8 Å². The van der Waals surface area contributed by atoms with Crippen LogP contribution < -0.4 is 15.5 Å². The van der Waals surface area contributed by atoms with Crippen molar-refractivity contribution >= 4 is 35.0 Å². The summed E-state index contributed by atoms with van der Waals surface area (Å²) < 4.78 is 13.1. The lowest BCUT2D eigenvalue weighted by Gasteiger charge is -2.22. The number of halogens is 1. The molecule has 0 atom stereocenters. The fraction of sp³-hybridized carbons (Fsp3) is 0.231. The Bertz CT molecular complexity index is 1100. The molecule has 3 aromatic rings. The minimum absolute atomic E-state index is 0.129. The summed E-state index contributed by atoms with van der Waals surface area (Å²) in [5.41, 5.74) is 2.78. The number of anilines is 2. The van der Waals surface area contributed by atoms with Crippen molar-refractivity contribution in [2.75, 3.05) is 29.1 Å². The number of benzene rings is 3. The van der Waals surface area contributed by atoms with Gasteiger partial charge in [0.05, 0.1) is 11.3 Å². The van der Waals surface area contributed by atoms with Crippen LogP contribution >= 0.6 is 11.8 Å². The Balaban J connectivity index is 1.45. The van der Waals surface area contributed by atoms with Crippen LogP contribution in [0.2, 0.25) is 0 Å². The molecule has 1 saturated heterocycles. The lowest BCUT2D eigenvalue weighted by molar-refractivity contribution is -0.113. The third-order valence-corrected chi connectivity index (χ3v) is 6.46. The summed E-state index contributed by atoms with van der Waals surface area (Å²) in [5.74, 6) is -0.383. The Labute approximate surface area is 197 Å². The van der Waals surface area contributed by atoms with Gasteiger partial charge in [0.15, 0.2) is 0 Å². The van der Waals surface area contributed by atoms with Gasteiger partial charge in [-0.3, -0.25) is 9.59 Å². The van der Waals surface area contributed by atoms with Crippen molar-refractivity contribution in [1.82, 2.24) is 5.32 Å². The molecule has 0 saturated carbocycles. The molecule has 1 heterocycles. The first-order chi connectivity index (χ1) is 16.1.